The van der Waals surface area contributed by atoms with Crippen molar-refractivity contribution in [1.82, 2.24) is 19.9 Å². The molecule has 0 aliphatic heterocycles. The molecule has 0 aliphatic rings. The highest BCUT2D eigenvalue weighted by molar-refractivity contribution is 5.14. The molecule has 5 heteroatoms. The van der Waals surface area contributed by atoms with Crippen LogP contribution in [0.25, 0.3) is 0 Å². The van der Waals surface area contributed by atoms with Crippen molar-refractivity contribution in [2.45, 2.75) is 39.4 Å². The Bertz CT molecular complexity index is 541. The first-order valence-corrected chi connectivity index (χ1v) is 7.37. The number of aromatic nitrogens is 3. The molecule has 1 aromatic heterocycles. The molecule has 5 nitrogen and oxygen atoms in total. The number of nitrogens with two attached hydrogens (primary N) is 1. The van der Waals surface area contributed by atoms with Crippen molar-refractivity contribution in [3.8, 4) is 0 Å². The number of rotatable bonds is 6. The van der Waals surface area contributed by atoms with Gasteiger partial charge in [0.25, 0.3) is 0 Å². The minimum atomic E-state index is -0.0383. The summed E-state index contributed by atoms with van der Waals surface area (Å²) < 4.78 is 1.91. The second-order valence-corrected chi connectivity index (χ2v) is 6.31. The summed E-state index contributed by atoms with van der Waals surface area (Å²) in [7, 11) is 0. The maximum Gasteiger partial charge on any atom is 0.0967 e. The Balaban J connectivity index is 2.04. The average Bonchev–Trinajstić information content (AvgIpc) is 2.89. The maximum absolute atomic E-state index is 5.73. The fourth-order valence-corrected chi connectivity index (χ4v) is 2.17. The lowest BCUT2D eigenvalue weighted by Gasteiger charge is -2.20. The van der Waals surface area contributed by atoms with Crippen LogP contribution in [0.1, 0.15) is 32.0 Å². The summed E-state index contributed by atoms with van der Waals surface area (Å²) in [5.74, 6) is 0. The summed E-state index contributed by atoms with van der Waals surface area (Å²) in [5.41, 5.74) is 7.96. The van der Waals surface area contributed by atoms with Crippen molar-refractivity contribution in [2.75, 3.05) is 13.1 Å². The summed E-state index contributed by atoms with van der Waals surface area (Å²) in [4.78, 5) is 2.30. The molecule has 0 unspecified atom stereocenters. The number of benzene rings is 1. The van der Waals surface area contributed by atoms with Gasteiger partial charge in [0.1, 0.15) is 0 Å². The Morgan fingerprint density at radius 1 is 1.14 bits per heavy atom. The van der Waals surface area contributed by atoms with Gasteiger partial charge in [0, 0.05) is 26.2 Å². The molecule has 1 heterocycles. The molecule has 0 fully saturated rings. The fraction of sp³-hybridized carbons (Fsp3) is 0.500. The second kappa shape index (κ2) is 6.83. The third-order valence-electron chi connectivity index (χ3n) is 3.31. The topological polar surface area (TPSA) is 60.0 Å². The van der Waals surface area contributed by atoms with Crippen LogP contribution in [-0.2, 0) is 18.6 Å². The number of hydrogen-bond donors (Lipinski definition) is 1. The summed E-state index contributed by atoms with van der Waals surface area (Å²) in [6.45, 7) is 9.48. The molecule has 0 bridgehead atoms. The van der Waals surface area contributed by atoms with E-state index in [9.17, 15) is 0 Å². The molecule has 2 N–H and O–H groups in total. The SMILES string of the molecule is CC(C)(C)n1cc(CN(CCN)Cc2ccccc2)nn1. The predicted molar refractivity (Wildman–Crippen MR) is 84.6 cm³/mol. The summed E-state index contributed by atoms with van der Waals surface area (Å²) in [6.07, 6.45) is 2.02. The quantitative estimate of drug-likeness (QED) is 0.882. The van der Waals surface area contributed by atoms with Crippen LogP contribution in [0.3, 0.4) is 0 Å². The zero-order valence-corrected chi connectivity index (χ0v) is 13.2. The Kier molecular flexibility index (Phi) is 5.09. The molecule has 0 spiro atoms. The van der Waals surface area contributed by atoms with Crippen LogP contribution in [0.15, 0.2) is 36.5 Å². The van der Waals surface area contributed by atoms with Gasteiger partial charge in [0.15, 0.2) is 0 Å². The van der Waals surface area contributed by atoms with E-state index in [0.29, 0.717) is 6.54 Å². The van der Waals surface area contributed by atoms with E-state index in [4.69, 9.17) is 5.73 Å². The number of nitrogens with zero attached hydrogens (tertiary/aromatic N) is 4. The van der Waals surface area contributed by atoms with Crippen molar-refractivity contribution in [2.24, 2.45) is 5.73 Å². The second-order valence-electron chi connectivity index (χ2n) is 6.31. The van der Waals surface area contributed by atoms with Gasteiger partial charge in [-0.25, -0.2) is 4.68 Å². The standard InChI is InChI=1S/C16H25N5/c1-16(2,3)21-13-15(18-19-21)12-20(10-9-17)11-14-7-5-4-6-8-14/h4-8,13H,9-12,17H2,1-3H3. The van der Waals surface area contributed by atoms with E-state index in [-0.39, 0.29) is 5.54 Å². The van der Waals surface area contributed by atoms with Crippen molar-refractivity contribution in [1.29, 1.82) is 0 Å². The van der Waals surface area contributed by atoms with Crippen LogP contribution >= 0.6 is 0 Å². The van der Waals surface area contributed by atoms with Gasteiger partial charge >= 0.3 is 0 Å². The van der Waals surface area contributed by atoms with E-state index in [1.165, 1.54) is 5.56 Å². The third-order valence-corrected chi connectivity index (χ3v) is 3.31. The van der Waals surface area contributed by atoms with Gasteiger partial charge in [-0.15, -0.1) is 5.10 Å². The molecule has 2 rings (SSSR count). The molecule has 0 atom stereocenters. The van der Waals surface area contributed by atoms with Crippen molar-refractivity contribution in [3.05, 3.63) is 47.8 Å². The Morgan fingerprint density at radius 2 is 1.86 bits per heavy atom. The highest BCUT2D eigenvalue weighted by Crippen LogP contribution is 2.13. The Labute approximate surface area is 126 Å². The van der Waals surface area contributed by atoms with Crippen molar-refractivity contribution in [3.63, 3.8) is 0 Å². The van der Waals surface area contributed by atoms with Gasteiger partial charge in [-0.2, -0.15) is 0 Å². The molecule has 0 amide bonds. The van der Waals surface area contributed by atoms with Gasteiger partial charge in [0.05, 0.1) is 17.4 Å². The van der Waals surface area contributed by atoms with Crippen molar-refractivity contribution >= 4 is 0 Å². The van der Waals surface area contributed by atoms with Crippen LogP contribution in [0.4, 0.5) is 0 Å². The van der Waals surface area contributed by atoms with E-state index in [2.05, 4.69) is 60.2 Å². The molecular formula is C16H25N5. The molecule has 21 heavy (non-hydrogen) atoms. The minimum Gasteiger partial charge on any atom is -0.329 e. The molecule has 0 saturated heterocycles. The molecule has 2 aromatic rings. The lowest BCUT2D eigenvalue weighted by atomic mass is 10.1. The maximum atomic E-state index is 5.73. The van der Waals surface area contributed by atoms with E-state index < -0.39 is 0 Å². The smallest absolute Gasteiger partial charge is 0.0967 e. The summed E-state index contributed by atoms with van der Waals surface area (Å²) in [6, 6.07) is 10.4. The van der Waals surface area contributed by atoms with Crippen LogP contribution in [0.2, 0.25) is 0 Å². The average molecular weight is 287 g/mol. The molecule has 1 aromatic carbocycles. The van der Waals surface area contributed by atoms with Gasteiger partial charge in [-0.05, 0) is 26.3 Å². The fourth-order valence-electron chi connectivity index (χ4n) is 2.17. The van der Waals surface area contributed by atoms with Gasteiger partial charge in [-0.1, -0.05) is 35.5 Å². The van der Waals surface area contributed by atoms with E-state index >= 15 is 0 Å². The predicted octanol–water partition coefficient (Wildman–Crippen LogP) is 1.99. The summed E-state index contributed by atoms with van der Waals surface area (Å²) >= 11 is 0. The van der Waals surface area contributed by atoms with E-state index in [1.807, 2.05) is 16.9 Å². The third kappa shape index (κ3) is 4.65. The largest absolute Gasteiger partial charge is 0.329 e. The molecule has 0 saturated carbocycles. The van der Waals surface area contributed by atoms with Crippen LogP contribution in [-0.4, -0.2) is 33.0 Å². The Hall–Kier alpha value is -1.72. The first-order chi connectivity index (χ1) is 9.99. The highest BCUT2D eigenvalue weighted by atomic mass is 15.4. The monoisotopic (exact) mass is 287 g/mol. The Morgan fingerprint density at radius 3 is 2.43 bits per heavy atom. The first-order valence-electron chi connectivity index (χ1n) is 7.37. The highest BCUT2D eigenvalue weighted by Gasteiger charge is 2.16. The zero-order chi connectivity index (χ0) is 15.3. The minimum absolute atomic E-state index is 0.0383. The molecule has 114 valence electrons. The van der Waals surface area contributed by atoms with Gasteiger partial charge in [-0.3, -0.25) is 4.90 Å². The lowest BCUT2D eigenvalue weighted by Crippen LogP contribution is -2.29. The van der Waals surface area contributed by atoms with Crippen LogP contribution < -0.4 is 5.73 Å². The summed E-state index contributed by atoms with van der Waals surface area (Å²) in [5, 5.41) is 8.49. The first kappa shape index (κ1) is 15.7. The van der Waals surface area contributed by atoms with Crippen molar-refractivity contribution < 1.29 is 0 Å². The van der Waals surface area contributed by atoms with Crippen LogP contribution in [0.5, 0.6) is 0 Å². The van der Waals surface area contributed by atoms with Gasteiger partial charge in [0.2, 0.25) is 0 Å². The zero-order valence-electron chi connectivity index (χ0n) is 13.2. The molecular weight excluding hydrogens is 262 g/mol. The van der Waals surface area contributed by atoms with E-state index in [1.54, 1.807) is 0 Å². The normalized spacial score (nSPS) is 12.0. The number of hydrogen-bond acceptors (Lipinski definition) is 4. The van der Waals surface area contributed by atoms with Gasteiger partial charge < -0.3 is 5.73 Å². The van der Waals surface area contributed by atoms with E-state index in [0.717, 1.165) is 25.3 Å². The lowest BCUT2D eigenvalue weighted by molar-refractivity contribution is 0.261. The molecule has 0 aliphatic carbocycles. The molecule has 0 radical (unpaired) electrons. The van der Waals surface area contributed by atoms with Crippen LogP contribution in [0, 0.1) is 0 Å².